The molecule has 0 aliphatic rings. The SMILES string of the molecule is CCC(C)Oc1cccc(Nc2nc(Cl)cs2)c1. The predicted molar refractivity (Wildman–Crippen MR) is 77.2 cm³/mol. The highest BCUT2D eigenvalue weighted by molar-refractivity contribution is 7.14. The van der Waals surface area contributed by atoms with Crippen LogP contribution in [0.3, 0.4) is 0 Å². The van der Waals surface area contributed by atoms with Crippen LogP contribution in [0.5, 0.6) is 5.75 Å². The lowest BCUT2D eigenvalue weighted by atomic mass is 10.3. The number of hydrogen-bond donors (Lipinski definition) is 1. The Morgan fingerprint density at radius 2 is 2.33 bits per heavy atom. The fourth-order valence-electron chi connectivity index (χ4n) is 1.40. The highest BCUT2D eigenvalue weighted by Gasteiger charge is 2.04. The largest absolute Gasteiger partial charge is 0.491 e. The zero-order chi connectivity index (χ0) is 13.0. The van der Waals surface area contributed by atoms with Crippen molar-refractivity contribution < 1.29 is 4.74 Å². The van der Waals surface area contributed by atoms with Gasteiger partial charge in [0.2, 0.25) is 0 Å². The van der Waals surface area contributed by atoms with Crippen LogP contribution in [-0.4, -0.2) is 11.1 Å². The van der Waals surface area contributed by atoms with Gasteiger partial charge >= 0.3 is 0 Å². The van der Waals surface area contributed by atoms with Crippen LogP contribution < -0.4 is 10.1 Å². The molecular weight excluding hydrogens is 268 g/mol. The monoisotopic (exact) mass is 282 g/mol. The number of nitrogens with one attached hydrogen (secondary N) is 1. The summed E-state index contributed by atoms with van der Waals surface area (Å²) in [5.74, 6) is 0.858. The molecule has 0 fully saturated rings. The molecule has 2 rings (SSSR count). The molecule has 0 bridgehead atoms. The summed E-state index contributed by atoms with van der Waals surface area (Å²) in [5, 5.41) is 6.28. The minimum Gasteiger partial charge on any atom is -0.491 e. The number of ether oxygens (including phenoxy) is 1. The van der Waals surface area contributed by atoms with E-state index in [0.29, 0.717) is 5.15 Å². The van der Waals surface area contributed by atoms with Crippen LogP contribution in [0.15, 0.2) is 29.6 Å². The second-order valence-corrected chi connectivity index (χ2v) is 5.21. The number of halogens is 1. The first-order valence-corrected chi connectivity index (χ1v) is 7.08. The van der Waals surface area contributed by atoms with E-state index >= 15 is 0 Å². The second-order valence-electron chi connectivity index (χ2n) is 3.96. The smallest absolute Gasteiger partial charge is 0.188 e. The Balaban J connectivity index is 2.07. The molecule has 2 aromatic rings. The van der Waals surface area contributed by atoms with E-state index in [2.05, 4.69) is 24.1 Å². The molecule has 1 aromatic carbocycles. The van der Waals surface area contributed by atoms with E-state index in [9.17, 15) is 0 Å². The Kier molecular flexibility index (Phi) is 4.44. The Bertz CT molecular complexity index is 515. The summed E-state index contributed by atoms with van der Waals surface area (Å²) in [6.45, 7) is 4.16. The van der Waals surface area contributed by atoms with Gasteiger partial charge in [-0.3, -0.25) is 0 Å². The first-order valence-electron chi connectivity index (χ1n) is 5.82. The first-order chi connectivity index (χ1) is 8.67. The highest BCUT2D eigenvalue weighted by atomic mass is 35.5. The number of benzene rings is 1. The number of hydrogen-bond acceptors (Lipinski definition) is 4. The minimum atomic E-state index is 0.217. The van der Waals surface area contributed by atoms with Crippen LogP contribution in [0.4, 0.5) is 10.8 Å². The summed E-state index contributed by atoms with van der Waals surface area (Å²) in [6.07, 6.45) is 1.20. The van der Waals surface area contributed by atoms with Crippen molar-refractivity contribution in [2.75, 3.05) is 5.32 Å². The van der Waals surface area contributed by atoms with Gasteiger partial charge in [0.25, 0.3) is 0 Å². The van der Waals surface area contributed by atoms with Gasteiger partial charge in [-0.2, -0.15) is 0 Å². The molecule has 0 aliphatic heterocycles. The third-order valence-corrected chi connectivity index (χ3v) is 3.55. The van der Waals surface area contributed by atoms with Gasteiger partial charge in [-0.25, -0.2) is 4.98 Å². The maximum atomic E-state index is 5.78. The fraction of sp³-hybridized carbons (Fsp3) is 0.308. The molecule has 0 radical (unpaired) electrons. The molecule has 96 valence electrons. The summed E-state index contributed by atoms with van der Waals surface area (Å²) < 4.78 is 5.76. The van der Waals surface area contributed by atoms with Crippen molar-refractivity contribution in [1.82, 2.24) is 4.98 Å². The van der Waals surface area contributed by atoms with Gasteiger partial charge in [0.1, 0.15) is 10.9 Å². The molecule has 1 unspecified atom stereocenters. The van der Waals surface area contributed by atoms with Crippen molar-refractivity contribution in [3.05, 3.63) is 34.8 Å². The van der Waals surface area contributed by atoms with E-state index in [4.69, 9.17) is 16.3 Å². The molecule has 5 heteroatoms. The van der Waals surface area contributed by atoms with Gasteiger partial charge < -0.3 is 10.1 Å². The predicted octanol–water partition coefficient (Wildman–Crippen LogP) is 4.72. The van der Waals surface area contributed by atoms with E-state index in [1.165, 1.54) is 11.3 Å². The zero-order valence-electron chi connectivity index (χ0n) is 10.3. The molecule has 3 nitrogen and oxygen atoms in total. The van der Waals surface area contributed by atoms with Crippen molar-refractivity contribution in [3.8, 4) is 5.75 Å². The summed E-state index contributed by atoms with van der Waals surface area (Å²) >= 11 is 7.25. The Morgan fingerprint density at radius 3 is 3.00 bits per heavy atom. The third-order valence-electron chi connectivity index (χ3n) is 2.47. The Labute approximate surface area is 116 Å². The number of aromatic nitrogens is 1. The minimum absolute atomic E-state index is 0.217. The van der Waals surface area contributed by atoms with Gasteiger partial charge in [0.05, 0.1) is 6.10 Å². The quantitative estimate of drug-likeness (QED) is 0.862. The third kappa shape index (κ3) is 3.62. The van der Waals surface area contributed by atoms with E-state index in [1.54, 1.807) is 5.38 Å². The lowest BCUT2D eigenvalue weighted by molar-refractivity contribution is 0.217. The normalized spacial score (nSPS) is 12.2. The lowest BCUT2D eigenvalue weighted by Gasteiger charge is -2.13. The topological polar surface area (TPSA) is 34.1 Å². The second kappa shape index (κ2) is 6.07. The maximum absolute atomic E-state index is 5.78. The van der Waals surface area contributed by atoms with Crippen LogP contribution in [-0.2, 0) is 0 Å². The fourth-order valence-corrected chi connectivity index (χ4v) is 2.26. The van der Waals surface area contributed by atoms with E-state index in [0.717, 1.165) is 23.0 Å². The van der Waals surface area contributed by atoms with Crippen molar-refractivity contribution >= 4 is 33.8 Å². The standard InChI is InChI=1S/C13H15ClN2OS/c1-3-9(2)17-11-6-4-5-10(7-11)15-13-16-12(14)8-18-13/h4-9H,3H2,1-2H3,(H,15,16). The molecule has 0 saturated carbocycles. The summed E-state index contributed by atoms with van der Waals surface area (Å²) in [6, 6.07) is 7.83. The molecular formula is C13H15ClN2OS. The summed E-state index contributed by atoms with van der Waals surface area (Å²) in [7, 11) is 0. The van der Waals surface area contributed by atoms with Crippen molar-refractivity contribution in [1.29, 1.82) is 0 Å². The van der Waals surface area contributed by atoms with Crippen LogP contribution in [0, 0.1) is 0 Å². The molecule has 0 saturated heterocycles. The van der Waals surface area contributed by atoms with Crippen LogP contribution in [0.1, 0.15) is 20.3 Å². The maximum Gasteiger partial charge on any atom is 0.188 e. The van der Waals surface area contributed by atoms with Crippen molar-refractivity contribution in [2.45, 2.75) is 26.4 Å². The molecule has 1 atom stereocenters. The summed E-state index contributed by atoms with van der Waals surface area (Å²) in [5.41, 5.74) is 0.946. The molecule has 18 heavy (non-hydrogen) atoms. The molecule has 0 spiro atoms. The molecule has 1 N–H and O–H groups in total. The molecule has 0 amide bonds. The summed E-state index contributed by atoms with van der Waals surface area (Å²) in [4.78, 5) is 4.14. The Morgan fingerprint density at radius 1 is 1.50 bits per heavy atom. The molecule has 1 aromatic heterocycles. The lowest BCUT2D eigenvalue weighted by Crippen LogP contribution is -2.09. The Hall–Kier alpha value is -1.26. The van der Waals surface area contributed by atoms with Gasteiger partial charge in [-0.05, 0) is 25.5 Å². The number of nitrogens with zero attached hydrogens (tertiary/aromatic N) is 1. The van der Waals surface area contributed by atoms with Gasteiger partial charge in [0, 0.05) is 17.1 Å². The van der Waals surface area contributed by atoms with Gasteiger partial charge in [-0.15, -0.1) is 11.3 Å². The van der Waals surface area contributed by atoms with Crippen molar-refractivity contribution in [3.63, 3.8) is 0 Å². The average molecular weight is 283 g/mol. The highest BCUT2D eigenvalue weighted by Crippen LogP contribution is 2.25. The number of rotatable bonds is 5. The number of thiazole rings is 1. The first kappa shape index (κ1) is 13.2. The molecule has 1 heterocycles. The van der Waals surface area contributed by atoms with E-state index in [1.807, 2.05) is 24.3 Å². The van der Waals surface area contributed by atoms with Crippen LogP contribution in [0.25, 0.3) is 0 Å². The van der Waals surface area contributed by atoms with Gasteiger partial charge in [-0.1, -0.05) is 24.6 Å². The molecule has 0 aliphatic carbocycles. The average Bonchev–Trinajstić information content (AvgIpc) is 2.75. The van der Waals surface area contributed by atoms with Crippen LogP contribution in [0.2, 0.25) is 5.15 Å². The number of anilines is 2. The zero-order valence-corrected chi connectivity index (χ0v) is 11.9. The van der Waals surface area contributed by atoms with Crippen LogP contribution >= 0.6 is 22.9 Å². The van der Waals surface area contributed by atoms with Crippen molar-refractivity contribution in [2.24, 2.45) is 0 Å². The van der Waals surface area contributed by atoms with E-state index in [-0.39, 0.29) is 6.10 Å². The van der Waals surface area contributed by atoms with Gasteiger partial charge in [0.15, 0.2) is 5.13 Å². The van der Waals surface area contributed by atoms with E-state index < -0.39 is 0 Å².